The molecule has 152 valence electrons. The maximum Gasteiger partial charge on any atom is 0.292 e. The smallest absolute Gasteiger partial charge is 0.292 e. The van der Waals surface area contributed by atoms with E-state index in [0.29, 0.717) is 30.2 Å². The molecule has 0 radical (unpaired) electrons. The van der Waals surface area contributed by atoms with Crippen LogP contribution in [0.2, 0.25) is 5.02 Å². The highest BCUT2D eigenvalue weighted by Gasteiger charge is 2.23. The quantitative estimate of drug-likeness (QED) is 0.499. The number of aryl methyl sites for hydroxylation is 1. The number of nitrogens with zero attached hydrogens (tertiary/aromatic N) is 8. The first-order valence-corrected chi connectivity index (χ1v) is 10.00. The molecule has 0 aliphatic carbocycles. The van der Waals surface area contributed by atoms with E-state index in [1.165, 1.54) is 11.0 Å². The van der Waals surface area contributed by atoms with Crippen LogP contribution in [0, 0.1) is 6.92 Å². The molecule has 30 heavy (non-hydrogen) atoms. The Hall–Kier alpha value is -3.46. The minimum atomic E-state index is -0.322. The summed E-state index contributed by atoms with van der Waals surface area (Å²) < 4.78 is 3.07. The molecule has 0 spiro atoms. The van der Waals surface area contributed by atoms with E-state index in [-0.39, 0.29) is 10.6 Å². The minimum Gasteiger partial charge on any atom is -0.365 e. The predicted octanol–water partition coefficient (Wildman–Crippen LogP) is 1.96. The van der Waals surface area contributed by atoms with E-state index in [2.05, 4.69) is 30.0 Å². The third kappa shape index (κ3) is 3.17. The number of piperazine rings is 1. The van der Waals surface area contributed by atoms with Gasteiger partial charge >= 0.3 is 0 Å². The molecule has 0 unspecified atom stereocenters. The maximum absolute atomic E-state index is 12.8. The largest absolute Gasteiger partial charge is 0.365 e. The molecule has 1 aromatic carbocycles. The van der Waals surface area contributed by atoms with Gasteiger partial charge < -0.3 is 9.80 Å². The predicted molar refractivity (Wildman–Crippen MR) is 115 cm³/mol. The van der Waals surface area contributed by atoms with Gasteiger partial charge in [-0.1, -0.05) is 29.8 Å². The average Bonchev–Trinajstić information content (AvgIpc) is 3.24. The minimum absolute atomic E-state index is 0.181. The van der Waals surface area contributed by atoms with Gasteiger partial charge in [-0.3, -0.25) is 4.79 Å². The highest BCUT2D eigenvalue weighted by Crippen LogP contribution is 2.25. The molecule has 0 amide bonds. The van der Waals surface area contributed by atoms with Crippen LogP contribution in [0.1, 0.15) is 5.69 Å². The van der Waals surface area contributed by atoms with Gasteiger partial charge in [0.2, 0.25) is 0 Å². The van der Waals surface area contributed by atoms with Crippen LogP contribution in [0.25, 0.3) is 11.5 Å². The molecule has 3 aromatic heterocycles. The molecule has 4 aromatic rings. The number of rotatable bonds is 3. The molecule has 10 heteroatoms. The molecule has 0 saturated carbocycles. The van der Waals surface area contributed by atoms with Gasteiger partial charge in [-0.05, 0) is 19.1 Å². The van der Waals surface area contributed by atoms with Crippen LogP contribution in [-0.4, -0.2) is 55.5 Å². The zero-order valence-corrected chi connectivity index (χ0v) is 17.1. The summed E-state index contributed by atoms with van der Waals surface area (Å²) in [5.74, 6) is 1.54. The first kappa shape index (κ1) is 18.6. The van der Waals surface area contributed by atoms with Gasteiger partial charge in [0.15, 0.2) is 0 Å². The number of anilines is 2. The summed E-state index contributed by atoms with van der Waals surface area (Å²) in [5.41, 5.74) is 1.91. The molecule has 1 saturated heterocycles. The summed E-state index contributed by atoms with van der Waals surface area (Å²) in [6.45, 7) is 4.84. The van der Waals surface area contributed by atoms with Crippen molar-refractivity contribution >= 4 is 28.9 Å². The van der Waals surface area contributed by atoms with E-state index in [1.807, 2.05) is 43.3 Å². The van der Waals surface area contributed by atoms with Gasteiger partial charge in [-0.25, -0.2) is 4.98 Å². The van der Waals surface area contributed by atoms with Gasteiger partial charge in [0.1, 0.15) is 17.2 Å². The first-order chi connectivity index (χ1) is 14.6. The van der Waals surface area contributed by atoms with Gasteiger partial charge in [0.05, 0.1) is 17.6 Å². The molecular weight excluding hydrogens is 404 g/mol. The lowest BCUT2D eigenvalue weighted by atomic mass is 10.2. The summed E-state index contributed by atoms with van der Waals surface area (Å²) in [4.78, 5) is 25.7. The number of para-hydroxylation sites is 1. The fraction of sp³-hybridized carbons (Fsp3) is 0.250. The average molecular weight is 423 g/mol. The number of hydrogen-bond acceptors (Lipinski definition) is 7. The molecule has 0 N–H and O–H groups in total. The highest BCUT2D eigenvalue weighted by atomic mass is 35.5. The Morgan fingerprint density at radius 2 is 1.73 bits per heavy atom. The molecule has 4 heterocycles. The Morgan fingerprint density at radius 1 is 1.00 bits per heavy atom. The van der Waals surface area contributed by atoms with Gasteiger partial charge in [-0.15, -0.1) is 0 Å². The van der Waals surface area contributed by atoms with Crippen molar-refractivity contribution in [3.63, 3.8) is 0 Å². The Labute approximate surface area is 177 Å². The molecule has 9 nitrogen and oxygen atoms in total. The topological polar surface area (TPSA) is 84.5 Å². The van der Waals surface area contributed by atoms with E-state index in [1.54, 1.807) is 10.7 Å². The van der Waals surface area contributed by atoms with Crippen molar-refractivity contribution in [2.24, 2.45) is 0 Å². The molecular formula is C20H19ClN8O. The SMILES string of the molecule is Cc1cc(N2CCN(c3cnn(-c4ccccc4)c(=O)c3Cl)CC2)n2ncnc2n1. The van der Waals surface area contributed by atoms with Crippen molar-refractivity contribution < 1.29 is 0 Å². The Bertz CT molecular complexity index is 1260. The zero-order chi connectivity index (χ0) is 20.7. The van der Waals surface area contributed by atoms with Crippen LogP contribution >= 0.6 is 11.6 Å². The summed E-state index contributed by atoms with van der Waals surface area (Å²) in [6, 6.07) is 11.3. The van der Waals surface area contributed by atoms with Crippen molar-refractivity contribution in [1.29, 1.82) is 0 Å². The first-order valence-electron chi connectivity index (χ1n) is 9.62. The Balaban J connectivity index is 1.39. The van der Waals surface area contributed by atoms with Gasteiger partial charge in [-0.2, -0.15) is 24.4 Å². The van der Waals surface area contributed by atoms with Gasteiger partial charge in [0.25, 0.3) is 11.3 Å². The van der Waals surface area contributed by atoms with Crippen LogP contribution in [0.5, 0.6) is 0 Å². The number of fused-ring (bicyclic) bond motifs is 1. The Kier molecular flexibility index (Phi) is 4.59. The summed E-state index contributed by atoms with van der Waals surface area (Å²) in [6.07, 6.45) is 3.17. The van der Waals surface area contributed by atoms with Crippen LogP contribution in [-0.2, 0) is 0 Å². The standard InChI is InChI=1S/C20H19ClN8O/c1-14-11-17(29-20(25-14)22-13-24-29)27-9-7-26(8-10-27)16-12-23-28(19(30)18(16)21)15-5-3-2-4-6-15/h2-6,11-13H,7-10H2,1H3. The van der Waals surface area contributed by atoms with Gasteiger partial charge in [0, 0.05) is 37.9 Å². The number of hydrogen-bond donors (Lipinski definition) is 0. The summed E-state index contributed by atoms with van der Waals surface area (Å²) in [7, 11) is 0. The van der Waals surface area contributed by atoms with Crippen molar-refractivity contribution in [2.75, 3.05) is 36.0 Å². The van der Waals surface area contributed by atoms with Crippen molar-refractivity contribution in [2.45, 2.75) is 6.92 Å². The fourth-order valence-corrected chi connectivity index (χ4v) is 3.96. The lowest BCUT2D eigenvalue weighted by Crippen LogP contribution is -2.47. The van der Waals surface area contributed by atoms with Crippen molar-refractivity contribution in [3.05, 3.63) is 70.0 Å². The lowest BCUT2D eigenvalue weighted by molar-refractivity contribution is 0.634. The van der Waals surface area contributed by atoms with E-state index >= 15 is 0 Å². The van der Waals surface area contributed by atoms with Crippen LogP contribution < -0.4 is 15.4 Å². The van der Waals surface area contributed by atoms with E-state index < -0.39 is 0 Å². The second-order valence-electron chi connectivity index (χ2n) is 7.10. The van der Waals surface area contributed by atoms with E-state index in [0.717, 1.165) is 24.6 Å². The Morgan fingerprint density at radius 3 is 2.50 bits per heavy atom. The van der Waals surface area contributed by atoms with E-state index in [9.17, 15) is 4.79 Å². The van der Waals surface area contributed by atoms with Crippen LogP contribution in [0.15, 0.2) is 53.7 Å². The molecule has 0 atom stereocenters. The van der Waals surface area contributed by atoms with Crippen molar-refractivity contribution in [3.8, 4) is 5.69 Å². The molecule has 5 rings (SSSR count). The second kappa shape index (κ2) is 7.42. The molecule has 0 bridgehead atoms. The zero-order valence-electron chi connectivity index (χ0n) is 16.3. The molecule has 1 aliphatic rings. The number of aromatic nitrogens is 6. The molecule has 1 fully saturated rings. The number of benzene rings is 1. The fourth-order valence-electron chi connectivity index (χ4n) is 3.71. The lowest BCUT2D eigenvalue weighted by Gasteiger charge is -2.37. The monoisotopic (exact) mass is 422 g/mol. The highest BCUT2D eigenvalue weighted by molar-refractivity contribution is 6.33. The van der Waals surface area contributed by atoms with E-state index in [4.69, 9.17) is 11.6 Å². The number of halogens is 1. The third-order valence-corrected chi connectivity index (χ3v) is 5.56. The summed E-state index contributed by atoms with van der Waals surface area (Å²) >= 11 is 6.46. The van der Waals surface area contributed by atoms with Crippen LogP contribution in [0.4, 0.5) is 11.5 Å². The third-order valence-electron chi connectivity index (χ3n) is 5.21. The maximum atomic E-state index is 12.8. The summed E-state index contributed by atoms with van der Waals surface area (Å²) in [5, 5.41) is 8.81. The molecule has 1 aliphatic heterocycles. The normalized spacial score (nSPS) is 14.5. The second-order valence-corrected chi connectivity index (χ2v) is 7.48. The van der Waals surface area contributed by atoms with Crippen molar-refractivity contribution in [1.82, 2.24) is 29.4 Å². The van der Waals surface area contributed by atoms with Crippen LogP contribution in [0.3, 0.4) is 0 Å².